The molecule has 0 bridgehead atoms. The van der Waals surface area contributed by atoms with Crippen molar-refractivity contribution in [1.82, 2.24) is 0 Å². The van der Waals surface area contributed by atoms with Crippen molar-refractivity contribution >= 4 is 17.4 Å². The molecule has 1 atom stereocenters. The summed E-state index contributed by atoms with van der Waals surface area (Å²) in [6, 6.07) is 8.53. The maximum Gasteiger partial charge on any atom is 0.0478 e. The van der Waals surface area contributed by atoms with Gasteiger partial charge in [-0.05, 0) is 18.6 Å². The van der Waals surface area contributed by atoms with Gasteiger partial charge in [0.15, 0.2) is 0 Å². The molecule has 2 heteroatoms. The number of hydrogen-bond donors (Lipinski definition) is 1. The van der Waals surface area contributed by atoms with Gasteiger partial charge in [0, 0.05) is 22.4 Å². The van der Waals surface area contributed by atoms with Crippen molar-refractivity contribution in [2.24, 2.45) is 0 Å². The lowest BCUT2D eigenvalue weighted by Crippen LogP contribution is -2.03. The van der Waals surface area contributed by atoms with Gasteiger partial charge in [-0.25, -0.2) is 0 Å². The minimum atomic E-state index is 0.737. The highest BCUT2D eigenvalue weighted by atomic mass is 32.2. The number of para-hydroxylation sites is 1. The molecule has 0 fully saturated rings. The second-order valence-electron chi connectivity index (χ2n) is 3.14. The molecule has 1 N–H and O–H groups in total. The largest absolute Gasteiger partial charge is 0.384 e. The zero-order chi connectivity index (χ0) is 8.39. The van der Waals surface area contributed by atoms with E-state index in [4.69, 9.17) is 0 Å². The van der Waals surface area contributed by atoms with Crippen LogP contribution in [-0.4, -0.2) is 11.8 Å². The van der Waals surface area contributed by atoms with Gasteiger partial charge in [0.25, 0.3) is 0 Å². The molecule has 0 aromatic heterocycles. The number of benzene rings is 1. The zero-order valence-corrected chi connectivity index (χ0v) is 8.03. The van der Waals surface area contributed by atoms with Crippen molar-refractivity contribution in [2.75, 3.05) is 11.9 Å². The van der Waals surface area contributed by atoms with Crippen LogP contribution in [0.3, 0.4) is 0 Å². The summed E-state index contributed by atoms with van der Waals surface area (Å²) < 4.78 is 0. The molecule has 64 valence electrons. The molecule has 0 spiro atoms. The highest BCUT2D eigenvalue weighted by Gasteiger charge is 2.11. The van der Waals surface area contributed by atoms with E-state index in [0.717, 1.165) is 11.8 Å². The molecule has 0 aliphatic carbocycles. The van der Waals surface area contributed by atoms with E-state index in [-0.39, 0.29) is 0 Å². The van der Waals surface area contributed by atoms with E-state index >= 15 is 0 Å². The Morgan fingerprint density at radius 1 is 1.42 bits per heavy atom. The molecule has 0 radical (unpaired) electrons. The Balaban J connectivity index is 2.31. The van der Waals surface area contributed by atoms with Gasteiger partial charge < -0.3 is 5.32 Å². The minimum Gasteiger partial charge on any atom is -0.384 e. The van der Waals surface area contributed by atoms with Crippen LogP contribution in [0, 0.1) is 0 Å². The lowest BCUT2D eigenvalue weighted by molar-refractivity contribution is 0.860. The van der Waals surface area contributed by atoms with Crippen molar-refractivity contribution in [3.05, 3.63) is 24.3 Å². The second-order valence-corrected chi connectivity index (χ2v) is 4.62. The summed E-state index contributed by atoms with van der Waals surface area (Å²) in [6.45, 7) is 3.39. The van der Waals surface area contributed by atoms with Crippen LogP contribution in [0.4, 0.5) is 5.69 Å². The molecule has 0 amide bonds. The first kappa shape index (κ1) is 7.99. The van der Waals surface area contributed by atoms with Gasteiger partial charge in [-0.2, -0.15) is 0 Å². The van der Waals surface area contributed by atoms with Crippen molar-refractivity contribution in [3.63, 3.8) is 0 Å². The van der Waals surface area contributed by atoms with Gasteiger partial charge in [0.1, 0.15) is 0 Å². The molecule has 1 aromatic rings. The van der Waals surface area contributed by atoms with E-state index in [2.05, 4.69) is 36.5 Å². The molecule has 0 saturated heterocycles. The minimum absolute atomic E-state index is 0.737. The van der Waals surface area contributed by atoms with E-state index < -0.39 is 0 Å². The number of thioether (sulfide) groups is 1. The Bertz CT molecular complexity index is 272. The van der Waals surface area contributed by atoms with E-state index in [1.165, 1.54) is 17.0 Å². The number of rotatable bonds is 0. The first-order chi connectivity index (χ1) is 5.86. The molecule has 0 unspecified atom stereocenters. The van der Waals surface area contributed by atoms with Crippen LogP contribution < -0.4 is 5.32 Å². The Labute approximate surface area is 77.6 Å². The van der Waals surface area contributed by atoms with Crippen molar-refractivity contribution in [3.8, 4) is 0 Å². The smallest absolute Gasteiger partial charge is 0.0478 e. The molecule has 1 aliphatic heterocycles. The Hall–Kier alpha value is -0.630. The van der Waals surface area contributed by atoms with Crippen LogP contribution in [0.1, 0.15) is 13.3 Å². The normalized spacial score (nSPS) is 22.2. The Morgan fingerprint density at radius 3 is 3.17 bits per heavy atom. The van der Waals surface area contributed by atoms with Crippen molar-refractivity contribution in [2.45, 2.75) is 23.5 Å². The number of fused-ring (bicyclic) bond motifs is 1. The van der Waals surface area contributed by atoms with E-state index in [0.29, 0.717) is 0 Å². The van der Waals surface area contributed by atoms with Crippen LogP contribution in [0.25, 0.3) is 0 Å². The first-order valence-corrected chi connectivity index (χ1v) is 5.24. The van der Waals surface area contributed by atoms with Gasteiger partial charge in [0.05, 0.1) is 0 Å². The number of nitrogens with one attached hydrogen (secondary N) is 1. The summed E-state index contributed by atoms with van der Waals surface area (Å²) in [7, 11) is 0. The second kappa shape index (κ2) is 3.40. The molecule has 1 aromatic carbocycles. The van der Waals surface area contributed by atoms with Crippen LogP contribution in [0.2, 0.25) is 0 Å². The van der Waals surface area contributed by atoms with Gasteiger partial charge in [-0.3, -0.25) is 0 Å². The van der Waals surface area contributed by atoms with Gasteiger partial charge >= 0.3 is 0 Å². The number of anilines is 1. The lowest BCUT2D eigenvalue weighted by Gasteiger charge is -2.06. The van der Waals surface area contributed by atoms with E-state index in [1.54, 1.807) is 0 Å². The maximum atomic E-state index is 3.43. The highest BCUT2D eigenvalue weighted by molar-refractivity contribution is 8.00. The summed E-state index contributed by atoms with van der Waals surface area (Å²) in [4.78, 5) is 1.39. The summed E-state index contributed by atoms with van der Waals surface area (Å²) in [5.41, 5.74) is 1.30. The zero-order valence-electron chi connectivity index (χ0n) is 7.21. The standard InChI is InChI=1S/C10H13NS/c1-8-6-7-11-9-4-2-3-5-10(9)12-8/h2-5,8,11H,6-7H2,1H3/t8-/m1/s1. The molecule has 1 nitrogen and oxygen atoms in total. The van der Waals surface area contributed by atoms with Crippen LogP contribution >= 0.6 is 11.8 Å². The predicted molar refractivity (Wildman–Crippen MR) is 54.9 cm³/mol. The van der Waals surface area contributed by atoms with Crippen molar-refractivity contribution < 1.29 is 0 Å². The third kappa shape index (κ3) is 1.58. The third-order valence-electron chi connectivity index (χ3n) is 2.08. The monoisotopic (exact) mass is 179 g/mol. The van der Waals surface area contributed by atoms with E-state index in [1.807, 2.05) is 11.8 Å². The molecular weight excluding hydrogens is 166 g/mol. The first-order valence-electron chi connectivity index (χ1n) is 4.36. The molecule has 2 rings (SSSR count). The fourth-order valence-corrected chi connectivity index (χ4v) is 2.49. The lowest BCUT2D eigenvalue weighted by atomic mass is 10.3. The third-order valence-corrected chi connectivity index (χ3v) is 3.33. The maximum absolute atomic E-state index is 3.43. The summed E-state index contributed by atoms with van der Waals surface area (Å²) in [6.07, 6.45) is 1.25. The fraction of sp³-hybridized carbons (Fsp3) is 0.400. The topological polar surface area (TPSA) is 12.0 Å². The average Bonchev–Trinajstić information content (AvgIpc) is 2.25. The molecule has 1 aliphatic rings. The molecular formula is C10H13NS. The summed E-state index contributed by atoms with van der Waals surface area (Å²) in [5.74, 6) is 0. The SMILES string of the molecule is C[C@@H]1CCNc2ccccc2S1. The Kier molecular flexibility index (Phi) is 2.26. The average molecular weight is 179 g/mol. The van der Waals surface area contributed by atoms with Crippen LogP contribution in [-0.2, 0) is 0 Å². The van der Waals surface area contributed by atoms with E-state index in [9.17, 15) is 0 Å². The molecule has 12 heavy (non-hydrogen) atoms. The van der Waals surface area contributed by atoms with Crippen LogP contribution in [0.5, 0.6) is 0 Å². The summed E-state index contributed by atoms with van der Waals surface area (Å²) in [5, 5.41) is 4.17. The fourth-order valence-electron chi connectivity index (χ4n) is 1.40. The van der Waals surface area contributed by atoms with Gasteiger partial charge in [0.2, 0.25) is 0 Å². The summed E-state index contributed by atoms with van der Waals surface area (Å²) >= 11 is 1.97. The van der Waals surface area contributed by atoms with Crippen LogP contribution in [0.15, 0.2) is 29.2 Å². The molecule has 0 saturated carbocycles. The molecule has 1 heterocycles. The van der Waals surface area contributed by atoms with Gasteiger partial charge in [-0.15, -0.1) is 11.8 Å². The van der Waals surface area contributed by atoms with Gasteiger partial charge in [-0.1, -0.05) is 19.1 Å². The Morgan fingerprint density at radius 2 is 2.25 bits per heavy atom. The highest BCUT2D eigenvalue weighted by Crippen LogP contribution is 2.33. The van der Waals surface area contributed by atoms with Crippen molar-refractivity contribution in [1.29, 1.82) is 0 Å². The number of hydrogen-bond acceptors (Lipinski definition) is 2. The quantitative estimate of drug-likeness (QED) is 0.657. The predicted octanol–water partition coefficient (Wildman–Crippen LogP) is 2.98.